The molecular formula is C18H28ClNO. The topological polar surface area (TPSA) is 21.3 Å². The molecule has 0 bridgehead atoms. The fourth-order valence-electron chi connectivity index (χ4n) is 2.28. The summed E-state index contributed by atoms with van der Waals surface area (Å²) < 4.78 is 5.91. The predicted molar refractivity (Wildman–Crippen MR) is 89.9 cm³/mol. The van der Waals surface area contributed by atoms with Crippen molar-refractivity contribution in [3.8, 4) is 0 Å². The van der Waals surface area contributed by atoms with Crippen LogP contribution in [-0.4, -0.2) is 25.3 Å². The van der Waals surface area contributed by atoms with Gasteiger partial charge in [0.25, 0.3) is 0 Å². The Bertz CT molecular complexity index is 420. The molecule has 1 atom stereocenters. The molecule has 21 heavy (non-hydrogen) atoms. The molecule has 1 aromatic rings. The molecule has 0 spiro atoms. The van der Waals surface area contributed by atoms with Crippen molar-refractivity contribution in [1.29, 1.82) is 0 Å². The number of rotatable bonds is 8. The molecule has 0 heterocycles. The summed E-state index contributed by atoms with van der Waals surface area (Å²) in [4.78, 5) is 0. The van der Waals surface area contributed by atoms with Crippen LogP contribution < -0.4 is 5.32 Å². The summed E-state index contributed by atoms with van der Waals surface area (Å²) in [5, 5.41) is 4.40. The smallest absolute Gasteiger partial charge is 0.0509 e. The van der Waals surface area contributed by atoms with Crippen LogP contribution in [0.25, 0.3) is 0 Å². The predicted octanol–water partition coefficient (Wildman–Crippen LogP) is 4.31. The van der Waals surface area contributed by atoms with Crippen molar-refractivity contribution < 1.29 is 4.74 Å². The Morgan fingerprint density at radius 2 is 1.90 bits per heavy atom. The Kier molecular flexibility index (Phi) is 6.09. The van der Waals surface area contributed by atoms with Gasteiger partial charge in [-0.1, -0.05) is 23.7 Å². The Morgan fingerprint density at radius 3 is 2.48 bits per heavy atom. The summed E-state index contributed by atoms with van der Waals surface area (Å²) in [6, 6.07) is 8.17. The van der Waals surface area contributed by atoms with Gasteiger partial charge in [-0.3, -0.25) is 0 Å². The zero-order valence-electron chi connectivity index (χ0n) is 13.5. The normalized spacial score (nSPS) is 17.0. The van der Waals surface area contributed by atoms with Crippen molar-refractivity contribution in [3.63, 3.8) is 0 Å². The second-order valence-corrected chi connectivity index (χ2v) is 7.74. The third kappa shape index (κ3) is 7.30. The number of halogens is 1. The fraction of sp³-hybridized carbons (Fsp3) is 0.667. The molecule has 118 valence electrons. The number of ether oxygens (including phenoxy) is 1. The van der Waals surface area contributed by atoms with Crippen LogP contribution in [-0.2, 0) is 11.2 Å². The van der Waals surface area contributed by atoms with E-state index in [9.17, 15) is 0 Å². The van der Waals surface area contributed by atoms with E-state index in [0.717, 1.165) is 37.1 Å². The second kappa shape index (κ2) is 7.62. The van der Waals surface area contributed by atoms with Crippen LogP contribution in [0.15, 0.2) is 24.3 Å². The summed E-state index contributed by atoms with van der Waals surface area (Å²) in [6.07, 6.45) is 3.73. The third-order valence-corrected chi connectivity index (χ3v) is 4.01. The standard InChI is InChI=1S/C18H28ClNO/c1-18(2,3)20-11-16(13-21-12-15-4-5-15)10-14-6-8-17(19)9-7-14/h6-9,15-16,20H,4-5,10-13H2,1-3H3. The summed E-state index contributed by atoms with van der Waals surface area (Å²) >= 11 is 5.96. The lowest BCUT2D eigenvalue weighted by atomic mass is 9.98. The van der Waals surface area contributed by atoms with E-state index in [1.54, 1.807) is 0 Å². The first-order valence-corrected chi connectivity index (χ1v) is 8.37. The maximum atomic E-state index is 5.96. The van der Waals surface area contributed by atoms with E-state index < -0.39 is 0 Å². The van der Waals surface area contributed by atoms with Crippen LogP contribution in [0.1, 0.15) is 39.2 Å². The SMILES string of the molecule is CC(C)(C)NCC(COCC1CC1)Cc1ccc(Cl)cc1. The number of nitrogens with one attached hydrogen (secondary N) is 1. The second-order valence-electron chi connectivity index (χ2n) is 7.31. The molecule has 0 aromatic heterocycles. The molecule has 0 radical (unpaired) electrons. The highest BCUT2D eigenvalue weighted by atomic mass is 35.5. The van der Waals surface area contributed by atoms with Crippen LogP contribution in [0.4, 0.5) is 0 Å². The lowest BCUT2D eigenvalue weighted by Crippen LogP contribution is -2.40. The summed E-state index contributed by atoms with van der Waals surface area (Å²) in [5.41, 5.74) is 1.48. The molecule has 0 saturated heterocycles. The van der Waals surface area contributed by atoms with Gasteiger partial charge >= 0.3 is 0 Å². The fourth-order valence-corrected chi connectivity index (χ4v) is 2.41. The largest absolute Gasteiger partial charge is 0.381 e. The zero-order chi connectivity index (χ0) is 15.3. The van der Waals surface area contributed by atoms with Crippen LogP contribution in [0.2, 0.25) is 5.02 Å². The highest BCUT2D eigenvalue weighted by molar-refractivity contribution is 6.30. The average molecular weight is 310 g/mol. The first-order valence-electron chi connectivity index (χ1n) is 7.99. The van der Waals surface area contributed by atoms with E-state index in [1.165, 1.54) is 18.4 Å². The van der Waals surface area contributed by atoms with Gasteiger partial charge in [-0.05, 0) is 69.6 Å². The average Bonchev–Trinajstić information content (AvgIpc) is 3.21. The first kappa shape index (κ1) is 16.8. The lowest BCUT2D eigenvalue weighted by Gasteiger charge is -2.25. The molecule has 0 aliphatic heterocycles. The molecule has 1 saturated carbocycles. The maximum absolute atomic E-state index is 5.96. The van der Waals surface area contributed by atoms with Gasteiger partial charge in [0.05, 0.1) is 6.61 Å². The highest BCUT2D eigenvalue weighted by Gasteiger charge is 2.22. The molecule has 2 nitrogen and oxygen atoms in total. The number of hydrogen-bond acceptors (Lipinski definition) is 2. The molecule has 1 N–H and O–H groups in total. The van der Waals surface area contributed by atoms with Gasteiger partial charge in [0.1, 0.15) is 0 Å². The minimum atomic E-state index is 0.148. The first-order chi connectivity index (χ1) is 9.92. The number of hydrogen-bond donors (Lipinski definition) is 1. The Labute approximate surface area is 134 Å². The van der Waals surface area contributed by atoms with Gasteiger partial charge in [-0.15, -0.1) is 0 Å². The molecule has 1 fully saturated rings. The minimum absolute atomic E-state index is 0.148. The molecule has 2 rings (SSSR count). The molecule has 3 heteroatoms. The van der Waals surface area contributed by atoms with Crippen LogP contribution >= 0.6 is 11.6 Å². The van der Waals surface area contributed by atoms with E-state index in [2.05, 4.69) is 38.2 Å². The van der Waals surface area contributed by atoms with Crippen molar-refractivity contribution in [1.82, 2.24) is 5.32 Å². The maximum Gasteiger partial charge on any atom is 0.0509 e. The van der Waals surface area contributed by atoms with E-state index in [0.29, 0.717) is 5.92 Å². The van der Waals surface area contributed by atoms with Crippen LogP contribution in [0.3, 0.4) is 0 Å². The van der Waals surface area contributed by atoms with E-state index in [1.807, 2.05) is 12.1 Å². The van der Waals surface area contributed by atoms with Crippen LogP contribution in [0, 0.1) is 11.8 Å². The van der Waals surface area contributed by atoms with E-state index >= 15 is 0 Å². The Hall–Kier alpha value is -0.570. The molecule has 0 amide bonds. The van der Waals surface area contributed by atoms with Gasteiger partial charge in [0, 0.05) is 23.7 Å². The third-order valence-electron chi connectivity index (χ3n) is 3.76. The van der Waals surface area contributed by atoms with E-state index in [-0.39, 0.29) is 5.54 Å². The minimum Gasteiger partial charge on any atom is -0.381 e. The number of benzene rings is 1. The van der Waals surface area contributed by atoms with Gasteiger partial charge in [0.15, 0.2) is 0 Å². The summed E-state index contributed by atoms with van der Waals surface area (Å²) in [7, 11) is 0. The van der Waals surface area contributed by atoms with Gasteiger partial charge in [-0.2, -0.15) is 0 Å². The monoisotopic (exact) mass is 309 g/mol. The van der Waals surface area contributed by atoms with Crippen molar-refractivity contribution in [2.24, 2.45) is 11.8 Å². The molecule has 1 aliphatic rings. The van der Waals surface area contributed by atoms with Crippen molar-refractivity contribution in [3.05, 3.63) is 34.9 Å². The van der Waals surface area contributed by atoms with Gasteiger partial charge in [0.2, 0.25) is 0 Å². The lowest BCUT2D eigenvalue weighted by molar-refractivity contribution is 0.0885. The Balaban J connectivity index is 1.84. The van der Waals surface area contributed by atoms with Crippen molar-refractivity contribution in [2.75, 3.05) is 19.8 Å². The Morgan fingerprint density at radius 1 is 1.24 bits per heavy atom. The van der Waals surface area contributed by atoms with Gasteiger partial charge < -0.3 is 10.1 Å². The van der Waals surface area contributed by atoms with Crippen molar-refractivity contribution in [2.45, 2.75) is 45.6 Å². The summed E-state index contributed by atoms with van der Waals surface area (Å²) in [5.74, 6) is 1.33. The van der Waals surface area contributed by atoms with Crippen molar-refractivity contribution >= 4 is 11.6 Å². The molecule has 1 aromatic carbocycles. The quantitative estimate of drug-likeness (QED) is 0.772. The van der Waals surface area contributed by atoms with E-state index in [4.69, 9.17) is 16.3 Å². The molecular weight excluding hydrogens is 282 g/mol. The zero-order valence-corrected chi connectivity index (χ0v) is 14.2. The van der Waals surface area contributed by atoms with Crippen LogP contribution in [0.5, 0.6) is 0 Å². The molecule has 1 unspecified atom stereocenters. The molecule has 1 aliphatic carbocycles. The highest BCUT2D eigenvalue weighted by Crippen LogP contribution is 2.29. The summed E-state index contributed by atoms with van der Waals surface area (Å²) in [6.45, 7) is 9.37. The van der Waals surface area contributed by atoms with Gasteiger partial charge in [-0.25, -0.2) is 0 Å².